The second-order valence-corrected chi connectivity index (χ2v) is 3.60. The summed E-state index contributed by atoms with van der Waals surface area (Å²) in [5.74, 6) is -1.05. The van der Waals surface area contributed by atoms with Crippen molar-refractivity contribution in [1.29, 1.82) is 0 Å². The summed E-state index contributed by atoms with van der Waals surface area (Å²) in [6.45, 7) is 2.03. The summed E-state index contributed by atoms with van der Waals surface area (Å²) in [7, 11) is 0. The van der Waals surface area contributed by atoms with Gasteiger partial charge in [0.2, 0.25) is 0 Å². The molecule has 1 aromatic carbocycles. The van der Waals surface area contributed by atoms with E-state index >= 15 is 0 Å². The molecule has 0 unspecified atom stereocenters. The van der Waals surface area contributed by atoms with Crippen molar-refractivity contribution in [2.24, 2.45) is 0 Å². The molecule has 2 aromatic rings. The van der Waals surface area contributed by atoms with E-state index in [1.165, 1.54) is 6.20 Å². The molecule has 0 saturated heterocycles. The van der Waals surface area contributed by atoms with Crippen molar-refractivity contribution in [3.05, 3.63) is 35.5 Å². The Bertz CT molecular complexity index is 564. The number of carboxylic acid groups (broad SMARTS) is 1. The number of carbonyl (C=O) groups is 1. The number of hydrogen-bond acceptors (Lipinski definition) is 3. The van der Waals surface area contributed by atoms with Crippen LogP contribution in [0.5, 0.6) is 0 Å². The number of nitrogens with two attached hydrogens (primary N) is 1. The molecule has 4 heteroatoms. The maximum Gasteiger partial charge on any atom is 0.339 e. The molecule has 0 aliphatic heterocycles. The van der Waals surface area contributed by atoms with Crippen molar-refractivity contribution in [2.75, 3.05) is 5.73 Å². The molecule has 0 atom stereocenters. The van der Waals surface area contributed by atoms with Crippen molar-refractivity contribution >= 4 is 22.6 Å². The number of anilines is 1. The zero-order valence-corrected chi connectivity index (χ0v) is 8.90. The topological polar surface area (TPSA) is 76.2 Å². The first kappa shape index (κ1) is 10.4. The standard InChI is InChI=1S/C12H12N2O2/c1-2-7-3-4-10-8(5-7)11(13)9(6-14-10)12(15)16/h3-6H,2H2,1H3,(H2,13,14)(H,15,16). The van der Waals surface area contributed by atoms with Gasteiger partial charge < -0.3 is 10.8 Å². The number of aryl methyl sites for hydroxylation is 1. The number of aromatic carboxylic acids is 1. The fraction of sp³-hybridized carbons (Fsp3) is 0.167. The number of carboxylic acids is 1. The SMILES string of the molecule is CCc1ccc2ncc(C(=O)O)c(N)c2c1. The van der Waals surface area contributed by atoms with Crippen LogP contribution in [0.15, 0.2) is 24.4 Å². The third kappa shape index (κ3) is 1.58. The van der Waals surface area contributed by atoms with E-state index < -0.39 is 5.97 Å². The van der Waals surface area contributed by atoms with E-state index in [1.54, 1.807) is 0 Å². The maximum absolute atomic E-state index is 10.9. The van der Waals surface area contributed by atoms with E-state index in [2.05, 4.69) is 4.98 Å². The lowest BCUT2D eigenvalue weighted by atomic mass is 10.1. The van der Waals surface area contributed by atoms with Gasteiger partial charge in [0, 0.05) is 11.6 Å². The Morgan fingerprint density at radius 1 is 1.50 bits per heavy atom. The van der Waals surface area contributed by atoms with Crippen LogP contribution in [-0.4, -0.2) is 16.1 Å². The van der Waals surface area contributed by atoms with Gasteiger partial charge in [-0.15, -0.1) is 0 Å². The summed E-state index contributed by atoms with van der Waals surface area (Å²) in [5.41, 5.74) is 8.00. The summed E-state index contributed by atoms with van der Waals surface area (Å²) < 4.78 is 0. The third-order valence-electron chi connectivity index (χ3n) is 2.61. The van der Waals surface area contributed by atoms with E-state index in [4.69, 9.17) is 10.8 Å². The molecule has 0 spiro atoms. The zero-order chi connectivity index (χ0) is 11.7. The van der Waals surface area contributed by atoms with Crippen LogP contribution >= 0.6 is 0 Å². The third-order valence-corrected chi connectivity index (χ3v) is 2.61. The van der Waals surface area contributed by atoms with Crippen LogP contribution in [0.1, 0.15) is 22.8 Å². The minimum Gasteiger partial charge on any atom is -0.478 e. The average Bonchev–Trinajstić information content (AvgIpc) is 2.28. The Morgan fingerprint density at radius 3 is 2.88 bits per heavy atom. The Balaban J connectivity index is 2.75. The number of nitrogens with zero attached hydrogens (tertiary/aromatic N) is 1. The number of benzene rings is 1. The van der Waals surface area contributed by atoms with Gasteiger partial charge in [-0.2, -0.15) is 0 Å². The first-order valence-corrected chi connectivity index (χ1v) is 5.04. The predicted molar refractivity (Wildman–Crippen MR) is 62.5 cm³/mol. The summed E-state index contributed by atoms with van der Waals surface area (Å²) >= 11 is 0. The van der Waals surface area contributed by atoms with Crippen LogP contribution in [0.2, 0.25) is 0 Å². The lowest BCUT2D eigenvalue weighted by molar-refractivity contribution is 0.0698. The molecule has 82 valence electrons. The van der Waals surface area contributed by atoms with Crippen molar-refractivity contribution < 1.29 is 9.90 Å². The number of rotatable bonds is 2. The fourth-order valence-corrected chi connectivity index (χ4v) is 1.65. The Morgan fingerprint density at radius 2 is 2.25 bits per heavy atom. The zero-order valence-electron chi connectivity index (χ0n) is 8.90. The molecule has 3 N–H and O–H groups in total. The second-order valence-electron chi connectivity index (χ2n) is 3.60. The molecular weight excluding hydrogens is 204 g/mol. The summed E-state index contributed by atoms with van der Waals surface area (Å²) in [4.78, 5) is 15.0. The smallest absolute Gasteiger partial charge is 0.339 e. The van der Waals surface area contributed by atoms with Crippen molar-refractivity contribution in [3.8, 4) is 0 Å². The number of pyridine rings is 1. The number of hydrogen-bond donors (Lipinski definition) is 2. The highest BCUT2D eigenvalue weighted by molar-refractivity contribution is 6.03. The molecule has 0 amide bonds. The molecule has 1 aromatic heterocycles. The van der Waals surface area contributed by atoms with E-state index in [0.717, 1.165) is 17.5 Å². The second kappa shape index (κ2) is 3.81. The molecule has 0 fully saturated rings. The number of nitrogen functional groups attached to an aromatic ring is 1. The van der Waals surface area contributed by atoms with Gasteiger partial charge in [-0.3, -0.25) is 4.98 Å². The first-order chi connectivity index (χ1) is 7.63. The van der Waals surface area contributed by atoms with E-state index in [9.17, 15) is 4.79 Å². The quantitative estimate of drug-likeness (QED) is 0.805. The summed E-state index contributed by atoms with van der Waals surface area (Å²) in [6.07, 6.45) is 2.18. The fourth-order valence-electron chi connectivity index (χ4n) is 1.65. The molecule has 0 aliphatic rings. The Hall–Kier alpha value is -2.10. The summed E-state index contributed by atoms with van der Waals surface area (Å²) in [6, 6.07) is 5.72. The van der Waals surface area contributed by atoms with Crippen LogP contribution in [0.4, 0.5) is 5.69 Å². The Kier molecular flexibility index (Phi) is 2.48. The van der Waals surface area contributed by atoms with Crippen molar-refractivity contribution in [1.82, 2.24) is 4.98 Å². The summed E-state index contributed by atoms with van der Waals surface area (Å²) in [5, 5.41) is 9.64. The molecule has 4 nitrogen and oxygen atoms in total. The number of aromatic nitrogens is 1. The van der Waals surface area contributed by atoms with E-state index in [0.29, 0.717) is 5.39 Å². The lowest BCUT2D eigenvalue weighted by Gasteiger charge is -2.06. The molecule has 0 saturated carbocycles. The van der Waals surface area contributed by atoms with Gasteiger partial charge in [0.1, 0.15) is 5.56 Å². The minimum atomic E-state index is -1.05. The van der Waals surface area contributed by atoms with Crippen molar-refractivity contribution in [3.63, 3.8) is 0 Å². The normalized spacial score (nSPS) is 10.6. The Labute approximate surface area is 92.7 Å². The van der Waals surface area contributed by atoms with Gasteiger partial charge in [-0.1, -0.05) is 13.0 Å². The van der Waals surface area contributed by atoms with Gasteiger partial charge in [0.15, 0.2) is 0 Å². The van der Waals surface area contributed by atoms with E-state index in [1.807, 2.05) is 25.1 Å². The molecule has 0 aliphatic carbocycles. The lowest BCUT2D eigenvalue weighted by Crippen LogP contribution is -2.04. The minimum absolute atomic E-state index is 0.0563. The van der Waals surface area contributed by atoms with Crippen LogP contribution in [0.3, 0.4) is 0 Å². The van der Waals surface area contributed by atoms with Gasteiger partial charge >= 0.3 is 5.97 Å². The van der Waals surface area contributed by atoms with Crippen LogP contribution in [-0.2, 0) is 6.42 Å². The highest BCUT2D eigenvalue weighted by atomic mass is 16.4. The predicted octanol–water partition coefficient (Wildman–Crippen LogP) is 2.08. The van der Waals surface area contributed by atoms with Crippen LogP contribution in [0.25, 0.3) is 10.9 Å². The van der Waals surface area contributed by atoms with Crippen molar-refractivity contribution in [2.45, 2.75) is 13.3 Å². The van der Waals surface area contributed by atoms with Gasteiger partial charge in [-0.05, 0) is 24.1 Å². The van der Waals surface area contributed by atoms with Gasteiger partial charge in [-0.25, -0.2) is 4.79 Å². The maximum atomic E-state index is 10.9. The average molecular weight is 216 g/mol. The monoisotopic (exact) mass is 216 g/mol. The molecule has 0 radical (unpaired) electrons. The van der Waals surface area contributed by atoms with E-state index in [-0.39, 0.29) is 11.3 Å². The molecule has 2 rings (SSSR count). The van der Waals surface area contributed by atoms with Crippen LogP contribution in [0, 0.1) is 0 Å². The first-order valence-electron chi connectivity index (χ1n) is 5.04. The largest absolute Gasteiger partial charge is 0.478 e. The molecule has 16 heavy (non-hydrogen) atoms. The highest BCUT2D eigenvalue weighted by Crippen LogP contribution is 2.24. The molecule has 1 heterocycles. The van der Waals surface area contributed by atoms with Gasteiger partial charge in [0.25, 0.3) is 0 Å². The van der Waals surface area contributed by atoms with Crippen LogP contribution < -0.4 is 5.73 Å². The van der Waals surface area contributed by atoms with Gasteiger partial charge in [0.05, 0.1) is 11.2 Å². The molecular formula is C12H12N2O2. The number of fused-ring (bicyclic) bond motifs is 1. The molecule has 0 bridgehead atoms. The highest BCUT2D eigenvalue weighted by Gasteiger charge is 2.11.